The second-order valence-corrected chi connectivity index (χ2v) is 9.53. The first kappa shape index (κ1) is 24.9. The van der Waals surface area contributed by atoms with E-state index in [4.69, 9.17) is 4.74 Å². The van der Waals surface area contributed by atoms with E-state index in [9.17, 15) is 18.0 Å². The van der Waals surface area contributed by atoms with Gasteiger partial charge < -0.3 is 15.0 Å². The van der Waals surface area contributed by atoms with Crippen molar-refractivity contribution < 1.29 is 22.7 Å². The highest BCUT2D eigenvalue weighted by Gasteiger charge is 2.36. The minimum absolute atomic E-state index is 0.0389. The molecule has 3 rings (SSSR count). The third kappa shape index (κ3) is 5.97. The number of pyridine rings is 1. The molecule has 1 aliphatic heterocycles. The number of anilines is 1. The topological polar surface area (TPSA) is 54.5 Å². The Morgan fingerprint density at radius 2 is 1.85 bits per heavy atom. The van der Waals surface area contributed by atoms with Crippen molar-refractivity contribution in [3.05, 3.63) is 53.7 Å². The molecule has 1 aliphatic rings. The molecular formula is C25H32F3N3O2. The van der Waals surface area contributed by atoms with Crippen LogP contribution >= 0.6 is 0 Å². The van der Waals surface area contributed by atoms with Crippen molar-refractivity contribution in [2.45, 2.75) is 71.3 Å². The molecule has 8 heteroatoms. The summed E-state index contributed by atoms with van der Waals surface area (Å²) in [7, 11) is 0. The van der Waals surface area contributed by atoms with Crippen LogP contribution in [0.1, 0.15) is 52.2 Å². The van der Waals surface area contributed by atoms with Crippen LogP contribution in [0, 0.1) is 5.92 Å². The van der Waals surface area contributed by atoms with Crippen molar-refractivity contribution >= 4 is 11.6 Å². The molecule has 5 nitrogen and oxygen atoms in total. The predicted octanol–water partition coefficient (Wildman–Crippen LogP) is 5.24. The zero-order chi connectivity index (χ0) is 24.4. The molecule has 2 atom stereocenters. The Morgan fingerprint density at radius 1 is 1.15 bits per heavy atom. The van der Waals surface area contributed by atoms with E-state index in [-0.39, 0.29) is 23.9 Å². The van der Waals surface area contributed by atoms with Gasteiger partial charge in [-0.3, -0.25) is 4.79 Å². The van der Waals surface area contributed by atoms with Crippen molar-refractivity contribution in [1.82, 2.24) is 10.3 Å². The number of hydrogen-bond donors (Lipinski definition) is 1. The number of alkyl halides is 3. The highest BCUT2D eigenvalue weighted by Crippen LogP contribution is 2.33. The molecule has 1 N–H and O–H groups in total. The number of aromatic nitrogens is 1. The summed E-state index contributed by atoms with van der Waals surface area (Å²) in [5.41, 5.74) is 0.329. The van der Waals surface area contributed by atoms with Gasteiger partial charge in [-0.2, -0.15) is 13.2 Å². The van der Waals surface area contributed by atoms with Gasteiger partial charge in [-0.1, -0.05) is 32.0 Å². The third-order valence-corrected chi connectivity index (χ3v) is 5.94. The van der Waals surface area contributed by atoms with Crippen molar-refractivity contribution in [1.29, 1.82) is 0 Å². The smallest absolute Gasteiger partial charge is 0.417 e. The maximum absolute atomic E-state index is 13.1. The van der Waals surface area contributed by atoms with Crippen molar-refractivity contribution in [2.75, 3.05) is 11.4 Å². The van der Waals surface area contributed by atoms with Gasteiger partial charge in [-0.25, -0.2) is 4.98 Å². The van der Waals surface area contributed by atoms with E-state index in [1.54, 1.807) is 13.8 Å². The fourth-order valence-corrected chi connectivity index (χ4v) is 4.19. The number of benzene rings is 1. The van der Waals surface area contributed by atoms with Crippen molar-refractivity contribution in [3.63, 3.8) is 0 Å². The quantitative estimate of drug-likeness (QED) is 0.582. The van der Waals surface area contributed by atoms with E-state index in [1.807, 2.05) is 19.1 Å². The third-order valence-electron chi connectivity index (χ3n) is 5.94. The number of nitrogens with zero attached hydrogens (tertiary/aromatic N) is 2. The van der Waals surface area contributed by atoms with Crippen LogP contribution in [-0.2, 0) is 17.4 Å². The number of amides is 1. The molecule has 0 radical (unpaired) electrons. The minimum atomic E-state index is -4.48. The first-order valence-corrected chi connectivity index (χ1v) is 11.3. The molecule has 0 fully saturated rings. The highest BCUT2D eigenvalue weighted by atomic mass is 19.4. The fourth-order valence-electron chi connectivity index (χ4n) is 4.19. The van der Waals surface area contributed by atoms with Crippen LogP contribution in [0.25, 0.3) is 0 Å². The predicted molar refractivity (Wildman–Crippen MR) is 122 cm³/mol. The molecule has 0 bridgehead atoms. The SMILES string of the molecule is CC(C)CC(C(C)NC(=O)C(C)(C)Oc1ccc(C(F)(F)F)cn1)N1CCc2ccccc21. The van der Waals surface area contributed by atoms with Gasteiger partial charge in [0, 0.05) is 36.6 Å². The number of carbonyl (C=O) groups is 1. The fraction of sp³-hybridized carbons (Fsp3) is 0.520. The number of rotatable bonds is 8. The summed E-state index contributed by atoms with van der Waals surface area (Å²) in [6, 6.07) is 10.3. The van der Waals surface area contributed by atoms with E-state index in [2.05, 4.69) is 41.2 Å². The number of fused-ring (bicyclic) bond motifs is 1. The molecule has 2 heterocycles. The summed E-state index contributed by atoms with van der Waals surface area (Å²) in [6.45, 7) is 10.4. The maximum atomic E-state index is 13.1. The molecule has 2 unspecified atom stereocenters. The summed E-state index contributed by atoms with van der Waals surface area (Å²) >= 11 is 0. The molecule has 1 amide bonds. The van der Waals surface area contributed by atoms with E-state index >= 15 is 0 Å². The molecule has 33 heavy (non-hydrogen) atoms. The first-order valence-electron chi connectivity index (χ1n) is 11.3. The monoisotopic (exact) mass is 463 g/mol. The van der Waals surface area contributed by atoms with E-state index in [1.165, 1.54) is 11.3 Å². The standard InChI is InChI=1S/C25H32F3N3O2/c1-16(2)14-21(31-13-12-18-8-6-7-9-20(18)31)17(3)30-23(32)24(4,5)33-22-11-10-19(15-29-22)25(26,27)28/h6-11,15-17,21H,12-14H2,1-5H3,(H,30,32). The average molecular weight is 464 g/mol. The molecule has 1 aromatic carbocycles. The van der Waals surface area contributed by atoms with Crippen LogP contribution in [0.5, 0.6) is 5.88 Å². The van der Waals surface area contributed by atoms with Gasteiger partial charge in [0.1, 0.15) is 0 Å². The molecule has 0 saturated carbocycles. The molecule has 1 aromatic heterocycles. The van der Waals surface area contributed by atoms with Crippen molar-refractivity contribution in [3.8, 4) is 5.88 Å². The number of para-hydroxylation sites is 1. The largest absolute Gasteiger partial charge is 0.462 e. The maximum Gasteiger partial charge on any atom is 0.417 e. The van der Waals surface area contributed by atoms with Gasteiger partial charge in [-0.05, 0) is 57.2 Å². The molecule has 0 spiro atoms. The lowest BCUT2D eigenvalue weighted by Gasteiger charge is -2.37. The normalized spacial score (nSPS) is 15.8. The molecule has 180 valence electrons. The van der Waals surface area contributed by atoms with Crippen LogP contribution in [-0.4, -0.2) is 35.1 Å². The van der Waals surface area contributed by atoms with Gasteiger partial charge in [0.2, 0.25) is 5.88 Å². The van der Waals surface area contributed by atoms with Crippen LogP contribution in [0.15, 0.2) is 42.6 Å². The Bertz CT molecular complexity index is 958. The second-order valence-electron chi connectivity index (χ2n) is 9.53. The number of ether oxygens (including phenoxy) is 1. The number of nitrogens with one attached hydrogen (secondary N) is 1. The zero-order valence-corrected chi connectivity index (χ0v) is 19.7. The molecular weight excluding hydrogens is 431 g/mol. The Labute approximate surface area is 193 Å². The van der Waals surface area contributed by atoms with Crippen LogP contribution in [0.3, 0.4) is 0 Å². The zero-order valence-electron chi connectivity index (χ0n) is 19.7. The highest BCUT2D eigenvalue weighted by molar-refractivity contribution is 5.85. The lowest BCUT2D eigenvalue weighted by Crippen LogP contribution is -2.56. The number of hydrogen-bond acceptors (Lipinski definition) is 4. The Hall–Kier alpha value is -2.77. The van der Waals surface area contributed by atoms with Gasteiger partial charge in [0.25, 0.3) is 5.91 Å². The van der Waals surface area contributed by atoms with Crippen LogP contribution in [0.4, 0.5) is 18.9 Å². The average Bonchev–Trinajstić information content (AvgIpc) is 3.15. The molecule has 2 aromatic rings. The van der Waals surface area contributed by atoms with E-state index in [0.717, 1.165) is 31.5 Å². The Balaban J connectivity index is 1.71. The Kier molecular flexibility index (Phi) is 7.24. The Morgan fingerprint density at radius 3 is 2.45 bits per heavy atom. The summed E-state index contributed by atoms with van der Waals surface area (Å²) < 4.78 is 44.0. The summed E-state index contributed by atoms with van der Waals surface area (Å²) in [5.74, 6) is 0.0451. The van der Waals surface area contributed by atoms with E-state index < -0.39 is 17.3 Å². The van der Waals surface area contributed by atoms with Gasteiger partial charge >= 0.3 is 6.18 Å². The second kappa shape index (κ2) is 9.61. The van der Waals surface area contributed by atoms with E-state index in [0.29, 0.717) is 12.1 Å². The summed E-state index contributed by atoms with van der Waals surface area (Å²) in [5, 5.41) is 3.08. The summed E-state index contributed by atoms with van der Waals surface area (Å²) in [6.07, 6.45) is -1.90. The first-order chi connectivity index (χ1) is 15.4. The lowest BCUT2D eigenvalue weighted by molar-refractivity contribution is -0.138. The summed E-state index contributed by atoms with van der Waals surface area (Å²) in [4.78, 5) is 19.2. The molecule has 0 aliphatic carbocycles. The van der Waals surface area contributed by atoms with Crippen LogP contribution in [0.2, 0.25) is 0 Å². The van der Waals surface area contributed by atoms with Gasteiger partial charge in [-0.15, -0.1) is 0 Å². The lowest BCUT2D eigenvalue weighted by atomic mass is 9.95. The van der Waals surface area contributed by atoms with Gasteiger partial charge in [0.15, 0.2) is 5.60 Å². The van der Waals surface area contributed by atoms with Crippen molar-refractivity contribution in [2.24, 2.45) is 5.92 Å². The number of carbonyl (C=O) groups excluding carboxylic acids is 1. The minimum Gasteiger partial charge on any atom is -0.462 e. The number of halogens is 3. The molecule has 0 saturated heterocycles. The van der Waals surface area contributed by atoms with Gasteiger partial charge in [0.05, 0.1) is 5.56 Å². The van der Waals surface area contributed by atoms with Crippen LogP contribution < -0.4 is 15.0 Å².